The average Bonchev–Trinajstić information content (AvgIpc) is 2.99. The molecule has 1 aliphatic carbocycles. The van der Waals surface area contributed by atoms with Crippen molar-refractivity contribution in [2.24, 2.45) is 5.73 Å². The van der Waals surface area contributed by atoms with Gasteiger partial charge in [-0.3, -0.25) is 0 Å². The first kappa shape index (κ1) is 11.3. The number of aromatic hydroxyl groups is 1. The first-order chi connectivity index (χ1) is 7.62. The van der Waals surface area contributed by atoms with Crippen LogP contribution >= 0.6 is 0 Å². The van der Waals surface area contributed by atoms with Gasteiger partial charge in [-0.1, -0.05) is 6.07 Å². The fraction of sp³-hybridized carbons (Fsp3) is 0.538. The Labute approximate surface area is 96.2 Å². The highest BCUT2D eigenvalue weighted by Crippen LogP contribution is 2.56. The summed E-state index contributed by atoms with van der Waals surface area (Å²) in [6.45, 7) is 4.54. The van der Waals surface area contributed by atoms with Gasteiger partial charge in [0.1, 0.15) is 11.5 Å². The second-order valence-electron chi connectivity index (χ2n) is 4.53. The molecule has 1 atom stereocenters. The molecule has 1 saturated carbocycles. The molecule has 1 aliphatic rings. The molecule has 3 nitrogen and oxygen atoms in total. The predicted octanol–water partition coefficient (Wildman–Crippen LogP) is 2.17. The molecule has 1 aromatic carbocycles. The summed E-state index contributed by atoms with van der Waals surface area (Å²) < 4.78 is 5.58. The van der Waals surface area contributed by atoms with E-state index in [4.69, 9.17) is 10.5 Å². The molecular formula is C13H19NO2. The predicted molar refractivity (Wildman–Crippen MR) is 63.8 cm³/mol. The van der Waals surface area contributed by atoms with Gasteiger partial charge in [0.15, 0.2) is 0 Å². The Morgan fingerprint density at radius 3 is 2.69 bits per heavy atom. The van der Waals surface area contributed by atoms with E-state index in [-0.39, 0.29) is 11.5 Å². The first-order valence-electron chi connectivity index (χ1n) is 5.82. The van der Waals surface area contributed by atoms with Crippen LogP contribution in [0.4, 0.5) is 0 Å². The normalized spacial score (nSPS) is 19.2. The molecule has 1 unspecified atom stereocenters. The molecule has 0 bridgehead atoms. The van der Waals surface area contributed by atoms with Gasteiger partial charge in [-0.25, -0.2) is 0 Å². The van der Waals surface area contributed by atoms with Gasteiger partial charge < -0.3 is 15.6 Å². The number of ether oxygens (including phenoxy) is 1. The third-order valence-corrected chi connectivity index (χ3v) is 3.46. The van der Waals surface area contributed by atoms with Crippen LogP contribution in [0.15, 0.2) is 18.2 Å². The summed E-state index contributed by atoms with van der Waals surface area (Å²) in [6, 6.07) is 5.46. The summed E-state index contributed by atoms with van der Waals surface area (Å²) >= 11 is 0. The van der Waals surface area contributed by atoms with Crippen LogP contribution in [0.3, 0.4) is 0 Å². The van der Waals surface area contributed by atoms with Gasteiger partial charge in [-0.05, 0) is 38.8 Å². The largest absolute Gasteiger partial charge is 0.508 e. The number of nitrogens with two attached hydrogens (primary N) is 1. The molecule has 1 aromatic rings. The maximum Gasteiger partial charge on any atom is 0.126 e. The van der Waals surface area contributed by atoms with Crippen molar-refractivity contribution in [2.45, 2.75) is 38.1 Å². The Morgan fingerprint density at radius 2 is 2.19 bits per heavy atom. The van der Waals surface area contributed by atoms with E-state index in [9.17, 15) is 5.11 Å². The fourth-order valence-corrected chi connectivity index (χ4v) is 2.36. The third kappa shape index (κ3) is 1.65. The molecular weight excluding hydrogens is 202 g/mol. The summed E-state index contributed by atoms with van der Waals surface area (Å²) in [5.41, 5.74) is 6.85. The lowest BCUT2D eigenvalue weighted by atomic mass is 9.88. The topological polar surface area (TPSA) is 55.5 Å². The van der Waals surface area contributed by atoms with E-state index in [2.05, 4.69) is 0 Å². The minimum atomic E-state index is -0.0736. The monoisotopic (exact) mass is 221 g/mol. The first-order valence-corrected chi connectivity index (χ1v) is 5.82. The second kappa shape index (κ2) is 3.98. The number of phenolic OH excluding ortho intramolecular Hbond substituents is 1. The summed E-state index contributed by atoms with van der Waals surface area (Å²) in [5.74, 6) is 1.08. The van der Waals surface area contributed by atoms with Crippen molar-refractivity contribution < 1.29 is 9.84 Å². The van der Waals surface area contributed by atoms with Crippen LogP contribution in [0.5, 0.6) is 11.5 Å². The lowest BCUT2D eigenvalue weighted by molar-refractivity contribution is 0.325. The quantitative estimate of drug-likeness (QED) is 0.819. The van der Waals surface area contributed by atoms with E-state index in [0.717, 1.165) is 24.2 Å². The van der Waals surface area contributed by atoms with Gasteiger partial charge in [0.25, 0.3) is 0 Å². The van der Waals surface area contributed by atoms with Crippen molar-refractivity contribution in [1.82, 2.24) is 0 Å². The molecule has 0 saturated heterocycles. The zero-order valence-electron chi connectivity index (χ0n) is 9.86. The Bertz CT molecular complexity index is 384. The molecule has 1 fully saturated rings. The third-order valence-electron chi connectivity index (χ3n) is 3.46. The Balaban J connectivity index is 2.46. The Kier molecular flexibility index (Phi) is 2.80. The fourth-order valence-electron chi connectivity index (χ4n) is 2.36. The number of hydrogen-bond acceptors (Lipinski definition) is 3. The van der Waals surface area contributed by atoms with Crippen molar-refractivity contribution >= 4 is 0 Å². The van der Waals surface area contributed by atoms with E-state index in [1.807, 2.05) is 19.9 Å². The smallest absolute Gasteiger partial charge is 0.126 e. The molecule has 2 rings (SSSR count). The minimum absolute atomic E-state index is 0.0417. The number of hydrogen-bond donors (Lipinski definition) is 2. The van der Waals surface area contributed by atoms with E-state index in [0.29, 0.717) is 12.4 Å². The van der Waals surface area contributed by atoms with Gasteiger partial charge in [0, 0.05) is 17.0 Å². The minimum Gasteiger partial charge on any atom is -0.508 e. The van der Waals surface area contributed by atoms with E-state index in [1.165, 1.54) is 0 Å². The lowest BCUT2D eigenvalue weighted by Crippen LogP contribution is -2.32. The van der Waals surface area contributed by atoms with Gasteiger partial charge in [-0.2, -0.15) is 0 Å². The molecule has 0 amide bonds. The van der Waals surface area contributed by atoms with Crippen molar-refractivity contribution in [2.75, 3.05) is 6.61 Å². The molecule has 0 spiro atoms. The Hall–Kier alpha value is -1.22. The number of rotatable bonds is 4. The van der Waals surface area contributed by atoms with Gasteiger partial charge in [-0.15, -0.1) is 0 Å². The second-order valence-corrected chi connectivity index (χ2v) is 4.53. The highest BCUT2D eigenvalue weighted by atomic mass is 16.5. The summed E-state index contributed by atoms with van der Waals surface area (Å²) in [5, 5.41) is 10.0. The van der Waals surface area contributed by atoms with Crippen molar-refractivity contribution in [3.63, 3.8) is 0 Å². The molecule has 3 heteroatoms. The van der Waals surface area contributed by atoms with Crippen LogP contribution in [-0.4, -0.2) is 17.8 Å². The van der Waals surface area contributed by atoms with Crippen molar-refractivity contribution in [3.05, 3.63) is 23.8 Å². The Morgan fingerprint density at radius 1 is 1.50 bits per heavy atom. The van der Waals surface area contributed by atoms with Crippen LogP contribution in [-0.2, 0) is 5.41 Å². The van der Waals surface area contributed by atoms with Crippen LogP contribution in [0.25, 0.3) is 0 Å². The maximum atomic E-state index is 10.0. The van der Waals surface area contributed by atoms with Crippen LogP contribution < -0.4 is 10.5 Å². The van der Waals surface area contributed by atoms with Gasteiger partial charge >= 0.3 is 0 Å². The highest BCUT2D eigenvalue weighted by Gasteiger charge is 2.50. The van der Waals surface area contributed by atoms with Crippen molar-refractivity contribution in [1.29, 1.82) is 0 Å². The molecule has 3 N–H and O–H groups in total. The molecule has 0 aliphatic heterocycles. The van der Waals surface area contributed by atoms with Crippen LogP contribution in [0, 0.1) is 0 Å². The maximum absolute atomic E-state index is 10.0. The van der Waals surface area contributed by atoms with Crippen LogP contribution in [0.1, 0.15) is 32.3 Å². The average molecular weight is 221 g/mol. The van der Waals surface area contributed by atoms with Crippen molar-refractivity contribution in [3.8, 4) is 11.5 Å². The van der Waals surface area contributed by atoms with E-state index >= 15 is 0 Å². The molecule has 0 heterocycles. The standard InChI is InChI=1S/C13H19NO2/c1-3-16-11-6-4-5-10(15)12(11)13(7-8-13)9(2)14/h4-6,9,15H,3,7-8,14H2,1-2H3. The van der Waals surface area contributed by atoms with Gasteiger partial charge in [0.05, 0.1) is 6.61 Å². The molecule has 16 heavy (non-hydrogen) atoms. The molecule has 0 aromatic heterocycles. The summed E-state index contributed by atoms with van der Waals surface area (Å²) in [6.07, 6.45) is 2.06. The van der Waals surface area contributed by atoms with E-state index < -0.39 is 0 Å². The SMILES string of the molecule is CCOc1cccc(O)c1C1(C(C)N)CC1. The summed E-state index contributed by atoms with van der Waals surface area (Å²) in [7, 11) is 0. The zero-order chi connectivity index (χ0) is 11.8. The van der Waals surface area contributed by atoms with E-state index in [1.54, 1.807) is 12.1 Å². The zero-order valence-corrected chi connectivity index (χ0v) is 9.86. The number of benzene rings is 1. The van der Waals surface area contributed by atoms with Crippen LogP contribution in [0.2, 0.25) is 0 Å². The lowest BCUT2D eigenvalue weighted by Gasteiger charge is -2.23. The van der Waals surface area contributed by atoms with Gasteiger partial charge in [0.2, 0.25) is 0 Å². The molecule has 0 radical (unpaired) electrons. The highest BCUT2D eigenvalue weighted by molar-refractivity contribution is 5.52. The summed E-state index contributed by atoms with van der Waals surface area (Å²) in [4.78, 5) is 0. The molecule has 88 valence electrons. The number of phenols is 1.